The van der Waals surface area contributed by atoms with Crippen LogP contribution in [0.4, 0.5) is 0 Å². The summed E-state index contributed by atoms with van der Waals surface area (Å²) in [7, 11) is 1.80. The number of rotatable bonds is 3. The molecule has 0 unspecified atom stereocenters. The number of hydrogen-bond acceptors (Lipinski definition) is 4. The largest absolute Gasteiger partial charge is 0.348 e. The lowest BCUT2D eigenvalue weighted by atomic mass is 9.80. The molecule has 8 heteroatoms. The number of aromatic nitrogens is 2. The molecule has 1 saturated heterocycles. The van der Waals surface area contributed by atoms with Crippen molar-refractivity contribution < 1.29 is 19.1 Å². The molecule has 3 aliphatic heterocycles. The number of carbonyl (C=O) groups is 3. The Bertz CT molecular complexity index is 2260. The summed E-state index contributed by atoms with van der Waals surface area (Å²) < 4.78 is 11.6. The van der Waals surface area contributed by atoms with Gasteiger partial charge in [0.15, 0.2) is 5.72 Å². The summed E-state index contributed by atoms with van der Waals surface area (Å²) in [5, 5.41) is 7.02. The molecule has 5 heterocycles. The summed E-state index contributed by atoms with van der Waals surface area (Å²) in [6.07, 6.45) is -0.0886. The van der Waals surface area contributed by atoms with E-state index in [4.69, 9.17) is 4.74 Å². The number of carbonyl (C=O) groups excluding carboxylic acids is 3. The molecular formula is C36H30N4O4. The van der Waals surface area contributed by atoms with Crippen molar-refractivity contribution in [3.05, 3.63) is 95.6 Å². The van der Waals surface area contributed by atoms with Crippen LogP contribution in [-0.4, -0.2) is 44.7 Å². The van der Waals surface area contributed by atoms with E-state index >= 15 is 0 Å². The molecule has 0 saturated carbocycles. The Hall–Kier alpha value is -4.95. The molecule has 0 aliphatic carbocycles. The number of ether oxygens (including phenoxy) is 1. The fraction of sp³-hybridized carbons (Fsp3) is 0.250. The van der Waals surface area contributed by atoms with E-state index in [2.05, 4.69) is 38.7 Å². The van der Waals surface area contributed by atoms with E-state index in [1.54, 1.807) is 18.9 Å². The lowest BCUT2D eigenvalue weighted by Crippen LogP contribution is -2.59. The molecule has 3 aliphatic rings. The van der Waals surface area contributed by atoms with Crippen molar-refractivity contribution in [1.29, 1.82) is 0 Å². The molecule has 6 aromatic rings. The van der Waals surface area contributed by atoms with Crippen LogP contribution in [0.1, 0.15) is 52.8 Å². The van der Waals surface area contributed by atoms with Crippen LogP contribution in [0, 0.1) is 5.92 Å². The monoisotopic (exact) mass is 582 g/mol. The molecule has 2 bridgehead atoms. The number of hydrogen-bond donors (Lipinski definition) is 1. The Labute approximate surface area is 252 Å². The van der Waals surface area contributed by atoms with E-state index in [1.165, 1.54) is 0 Å². The molecule has 4 aromatic carbocycles. The number of fused-ring (bicyclic) bond motifs is 13. The highest BCUT2D eigenvalue weighted by atomic mass is 16.5. The fourth-order valence-electron chi connectivity index (χ4n) is 8.65. The molecule has 218 valence electrons. The first-order valence-electron chi connectivity index (χ1n) is 15.1. The van der Waals surface area contributed by atoms with Crippen LogP contribution < -0.4 is 5.32 Å². The summed E-state index contributed by atoms with van der Waals surface area (Å²) in [4.78, 5) is 43.1. The number of benzene rings is 4. The van der Waals surface area contributed by atoms with Gasteiger partial charge < -0.3 is 24.1 Å². The van der Waals surface area contributed by atoms with Gasteiger partial charge in [0.2, 0.25) is 0 Å². The van der Waals surface area contributed by atoms with Crippen LogP contribution in [0.25, 0.3) is 43.6 Å². The molecule has 9 rings (SSSR count). The highest BCUT2D eigenvalue weighted by Gasteiger charge is 2.56. The predicted octanol–water partition coefficient (Wildman–Crippen LogP) is 6.10. The molecule has 0 spiro atoms. The van der Waals surface area contributed by atoms with Crippen molar-refractivity contribution in [3.63, 3.8) is 0 Å². The number of nitrogens with one attached hydrogen (secondary N) is 1. The number of ketones is 1. The van der Waals surface area contributed by atoms with Crippen molar-refractivity contribution in [2.45, 2.75) is 44.8 Å². The summed E-state index contributed by atoms with van der Waals surface area (Å²) in [5.41, 5.74) is 4.91. The summed E-state index contributed by atoms with van der Waals surface area (Å²) >= 11 is 0. The van der Waals surface area contributed by atoms with E-state index in [0.717, 1.165) is 49.2 Å². The van der Waals surface area contributed by atoms with E-state index in [0.29, 0.717) is 24.1 Å². The molecule has 2 amide bonds. The Morgan fingerprint density at radius 2 is 1.57 bits per heavy atom. The van der Waals surface area contributed by atoms with Gasteiger partial charge in [-0.2, -0.15) is 0 Å². The molecule has 1 fully saturated rings. The summed E-state index contributed by atoms with van der Waals surface area (Å²) in [5.74, 6) is -0.912. The van der Waals surface area contributed by atoms with Crippen LogP contribution in [-0.2, 0) is 21.8 Å². The second-order valence-corrected chi connectivity index (χ2v) is 12.5. The van der Waals surface area contributed by atoms with E-state index in [9.17, 15) is 14.4 Å². The third-order valence-electron chi connectivity index (χ3n) is 10.3. The van der Waals surface area contributed by atoms with Crippen LogP contribution in [0.3, 0.4) is 0 Å². The van der Waals surface area contributed by atoms with Crippen molar-refractivity contribution in [3.8, 4) is 0 Å². The van der Waals surface area contributed by atoms with Gasteiger partial charge in [-0.05, 0) is 43.7 Å². The van der Waals surface area contributed by atoms with Crippen molar-refractivity contribution in [2.24, 2.45) is 5.92 Å². The minimum Gasteiger partial charge on any atom is -0.348 e. The number of nitrogens with zero attached hydrogens (tertiary/aromatic N) is 3. The minimum absolute atomic E-state index is 0.0414. The van der Waals surface area contributed by atoms with E-state index < -0.39 is 23.9 Å². The average Bonchev–Trinajstić information content (AvgIpc) is 3.68. The Kier molecular flexibility index (Phi) is 4.98. The predicted molar refractivity (Wildman–Crippen MR) is 168 cm³/mol. The highest BCUT2D eigenvalue weighted by Crippen LogP contribution is 2.55. The lowest BCUT2D eigenvalue weighted by Gasteiger charge is -2.50. The second-order valence-electron chi connectivity index (χ2n) is 12.5. The molecule has 1 N–H and O–H groups in total. The minimum atomic E-state index is -1.14. The van der Waals surface area contributed by atoms with Crippen LogP contribution >= 0.6 is 0 Å². The average molecular weight is 583 g/mol. The van der Waals surface area contributed by atoms with Gasteiger partial charge in [-0.15, -0.1) is 0 Å². The topological polar surface area (TPSA) is 85.6 Å². The first-order valence-corrected chi connectivity index (χ1v) is 15.1. The summed E-state index contributed by atoms with van der Waals surface area (Å²) in [6.45, 7) is 4.04. The smallest absolute Gasteiger partial charge is 0.253 e. The van der Waals surface area contributed by atoms with Gasteiger partial charge in [0, 0.05) is 47.1 Å². The zero-order valence-electron chi connectivity index (χ0n) is 24.6. The molecular weight excluding hydrogens is 552 g/mol. The number of para-hydroxylation sites is 2. The Morgan fingerprint density at radius 1 is 0.909 bits per heavy atom. The zero-order chi connectivity index (χ0) is 30.1. The van der Waals surface area contributed by atoms with Crippen molar-refractivity contribution in [2.75, 3.05) is 7.05 Å². The zero-order valence-corrected chi connectivity index (χ0v) is 24.6. The molecule has 0 radical (unpaired) electrons. The third-order valence-corrected chi connectivity index (χ3v) is 10.3. The summed E-state index contributed by atoms with van der Waals surface area (Å²) in [6, 6.07) is 25.1. The van der Waals surface area contributed by atoms with Crippen molar-refractivity contribution >= 4 is 61.2 Å². The maximum atomic E-state index is 13.9. The van der Waals surface area contributed by atoms with Gasteiger partial charge >= 0.3 is 0 Å². The van der Waals surface area contributed by atoms with Gasteiger partial charge in [0.25, 0.3) is 11.8 Å². The van der Waals surface area contributed by atoms with Gasteiger partial charge in [-0.3, -0.25) is 14.4 Å². The molecule has 4 atom stereocenters. The van der Waals surface area contributed by atoms with Crippen LogP contribution in [0.5, 0.6) is 0 Å². The second kappa shape index (κ2) is 8.57. The van der Waals surface area contributed by atoms with E-state index in [1.807, 2.05) is 61.5 Å². The first kappa shape index (κ1) is 25.5. The van der Waals surface area contributed by atoms with Gasteiger partial charge in [-0.1, -0.05) is 54.6 Å². The van der Waals surface area contributed by atoms with Gasteiger partial charge in [0.1, 0.15) is 12.0 Å². The molecule has 2 aromatic heterocycles. The first-order chi connectivity index (χ1) is 21.3. The Morgan fingerprint density at radius 3 is 2.30 bits per heavy atom. The number of amides is 2. The van der Waals surface area contributed by atoms with Crippen LogP contribution in [0.2, 0.25) is 0 Å². The third kappa shape index (κ3) is 2.98. The molecule has 8 nitrogen and oxygen atoms in total. The maximum Gasteiger partial charge on any atom is 0.253 e. The van der Waals surface area contributed by atoms with Crippen LogP contribution in [0.15, 0.2) is 78.9 Å². The normalized spacial score (nSPS) is 23.8. The maximum absolute atomic E-state index is 13.9. The standard InChI is InChI=1S/C36H30N4O4/c1-19(41)31-26(38(3)35(43)20-11-5-4-6-12-20)17-27-39-24-15-9-7-13-21(24)29-30-23(18-37-34(30)42)28-22-14-8-10-16-25(22)40(33(28)32(29)39)36(31,2)44-27/h4-16,26-27,31H,17-18H2,1-3H3,(H,37,42)/t26-,27-,31-,36+/m1/s1. The van der Waals surface area contributed by atoms with Gasteiger partial charge in [-0.25, -0.2) is 0 Å². The lowest BCUT2D eigenvalue weighted by molar-refractivity contribution is -0.232. The van der Waals surface area contributed by atoms with Gasteiger partial charge in [0.05, 0.1) is 39.6 Å². The highest BCUT2D eigenvalue weighted by molar-refractivity contribution is 6.31. The van der Waals surface area contributed by atoms with E-state index in [-0.39, 0.29) is 17.6 Å². The Balaban J connectivity index is 1.44. The molecule has 44 heavy (non-hydrogen) atoms. The fourth-order valence-corrected chi connectivity index (χ4v) is 8.65. The SMILES string of the molecule is CC(=O)[C@@H]1[C@H](N(C)C(=O)c2ccccc2)C[C@H]2O[C@]1(C)n1c3ccccc3c3c4c(c5c6ccccc6n2c5c31)C(=O)NC4. The number of Topliss-reactive ketones (excluding diaryl/α,β-unsaturated/α-hetero) is 1. The quantitative estimate of drug-likeness (QED) is 0.273. The van der Waals surface area contributed by atoms with Crippen molar-refractivity contribution in [1.82, 2.24) is 19.4 Å².